The summed E-state index contributed by atoms with van der Waals surface area (Å²) in [6, 6.07) is 5.10. The second-order valence-corrected chi connectivity index (χ2v) is 4.91. The molecule has 0 aliphatic carbocycles. The molecule has 0 bridgehead atoms. The Kier molecular flexibility index (Phi) is 6.31. The maximum Gasteiger partial charge on any atom is 0.257 e. The first-order valence-electron chi connectivity index (χ1n) is 6.82. The molecule has 1 aromatic rings. The smallest absolute Gasteiger partial charge is 0.257 e. The number of carbonyl (C=O) groups is 1. The first-order valence-corrected chi connectivity index (χ1v) is 6.82. The summed E-state index contributed by atoms with van der Waals surface area (Å²) in [7, 11) is 1.52. The van der Waals surface area contributed by atoms with E-state index < -0.39 is 0 Å². The number of rotatable bonds is 7. The minimum atomic E-state index is -0.238. The molecule has 0 saturated heterocycles. The summed E-state index contributed by atoms with van der Waals surface area (Å²) in [6.45, 7) is 7.10. The van der Waals surface area contributed by atoms with Gasteiger partial charge in [-0.3, -0.25) is 4.79 Å². The van der Waals surface area contributed by atoms with Gasteiger partial charge < -0.3 is 20.5 Å². The van der Waals surface area contributed by atoms with Crippen molar-refractivity contribution in [2.24, 2.45) is 5.92 Å². The summed E-state index contributed by atoms with van der Waals surface area (Å²) in [5.74, 6) is 0.501. The molecule has 0 aromatic heterocycles. The first kappa shape index (κ1) is 16.3. The molecule has 0 aliphatic rings. The van der Waals surface area contributed by atoms with Gasteiger partial charge in [-0.15, -0.1) is 0 Å². The molecule has 5 heteroatoms. The fourth-order valence-electron chi connectivity index (χ4n) is 1.85. The van der Waals surface area contributed by atoms with Crippen molar-refractivity contribution in [3.8, 4) is 5.75 Å². The molecule has 5 nitrogen and oxygen atoms in total. The van der Waals surface area contributed by atoms with E-state index in [1.807, 2.05) is 20.8 Å². The molecule has 0 aliphatic heterocycles. The van der Waals surface area contributed by atoms with Gasteiger partial charge in [0.05, 0.1) is 19.8 Å². The van der Waals surface area contributed by atoms with Gasteiger partial charge in [0.1, 0.15) is 11.3 Å². The maximum atomic E-state index is 12.4. The van der Waals surface area contributed by atoms with Crippen LogP contribution in [-0.2, 0) is 4.74 Å². The van der Waals surface area contributed by atoms with Crippen LogP contribution in [0.4, 0.5) is 5.69 Å². The molecule has 0 spiro atoms. The van der Waals surface area contributed by atoms with E-state index in [0.29, 0.717) is 30.2 Å². The van der Waals surface area contributed by atoms with Crippen LogP contribution >= 0.6 is 0 Å². The second kappa shape index (κ2) is 7.75. The molecule has 1 rings (SSSR count). The topological polar surface area (TPSA) is 73.6 Å². The highest BCUT2D eigenvalue weighted by atomic mass is 16.5. The molecule has 1 amide bonds. The summed E-state index contributed by atoms with van der Waals surface area (Å²) >= 11 is 0. The lowest BCUT2D eigenvalue weighted by molar-refractivity contribution is 0.0804. The minimum absolute atomic E-state index is 0.0632. The van der Waals surface area contributed by atoms with Crippen LogP contribution in [0, 0.1) is 5.92 Å². The van der Waals surface area contributed by atoms with Crippen LogP contribution in [0.5, 0.6) is 5.75 Å². The molecule has 112 valence electrons. The third-order valence-electron chi connectivity index (χ3n) is 3.13. The number of nitrogens with two attached hydrogens (primary N) is 1. The zero-order valence-corrected chi connectivity index (χ0v) is 12.6. The highest BCUT2D eigenvalue weighted by molar-refractivity contribution is 6.02. The Morgan fingerprint density at radius 1 is 1.40 bits per heavy atom. The Hall–Kier alpha value is -1.75. The predicted octanol–water partition coefficient (Wildman–Crippen LogP) is 2.07. The van der Waals surface area contributed by atoms with Crippen molar-refractivity contribution in [2.45, 2.75) is 26.8 Å². The lowest BCUT2D eigenvalue weighted by Gasteiger charge is -2.23. The number of nitrogens with one attached hydrogen (secondary N) is 1. The highest BCUT2D eigenvalue weighted by Crippen LogP contribution is 2.24. The molecule has 0 saturated carbocycles. The van der Waals surface area contributed by atoms with E-state index in [4.69, 9.17) is 15.2 Å². The number of nitrogen functional groups attached to an aromatic ring is 1. The molecule has 1 atom stereocenters. The summed E-state index contributed by atoms with van der Waals surface area (Å²) < 4.78 is 10.6. The Morgan fingerprint density at radius 2 is 2.10 bits per heavy atom. The summed E-state index contributed by atoms with van der Waals surface area (Å²) in [5, 5.41) is 2.96. The number of benzene rings is 1. The largest absolute Gasteiger partial charge is 0.496 e. The molecular weight excluding hydrogens is 256 g/mol. The van der Waals surface area contributed by atoms with E-state index in [2.05, 4.69) is 5.32 Å². The quantitative estimate of drug-likeness (QED) is 0.750. The van der Waals surface area contributed by atoms with Gasteiger partial charge >= 0.3 is 0 Å². The molecule has 1 unspecified atom stereocenters. The Morgan fingerprint density at radius 3 is 2.65 bits per heavy atom. The van der Waals surface area contributed by atoms with Crippen LogP contribution in [0.1, 0.15) is 31.1 Å². The maximum absolute atomic E-state index is 12.4. The van der Waals surface area contributed by atoms with Gasteiger partial charge in [-0.25, -0.2) is 0 Å². The zero-order chi connectivity index (χ0) is 15.1. The summed E-state index contributed by atoms with van der Waals surface area (Å²) in [6.07, 6.45) is 0. The monoisotopic (exact) mass is 280 g/mol. The van der Waals surface area contributed by atoms with Gasteiger partial charge in [0.15, 0.2) is 0 Å². The van der Waals surface area contributed by atoms with Gasteiger partial charge in [0.2, 0.25) is 0 Å². The van der Waals surface area contributed by atoms with Crippen LogP contribution in [0.2, 0.25) is 0 Å². The van der Waals surface area contributed by atoms with Gasteiger partial charge in [0.25, 0.3) is 5.91 Å². The van der Waals surface area contributed by atoms with Crippen LogP contribution in [-0.4, -0.2) is 32.3 Å². The fourth-order valence-corrected chi connectivity index (χ4v) is 1.85. The Bertz CT molecular complexity index is 447. The molecule has 0 fully saturated rings. The van der Waals surface area contributed by atoms with Crippen LogP contribution in [0.15, 0.2) is 18.2 Å². The number of methoxy groups -OCH3 is 1. The number of anilines is 1. The van der Waals surface area contributed by atoms with E-state index in [0.717, 1.165) is 0 Å². The minimum Gasteiger partial charge on any atom is -0.496 e. The van der Waals surface area contributed by atoms with Crippen molar-refractivity contribution >= 4 is 11.6 Å². The average Bonchev–Trinajstić information content (AvgIpc) is 2.42. The number of hydrogen-bond donors (Lipinski definition) is 2. The third-order valence-corrected chi connectivity index (χ3v) is 3.13. The van der Waals surface area contributed by atoms with Gasteiger partial charge in [-0.2, -0.15) is 0 Å². The van der Waals surface area contributed by atoms with E-state index in [1.54, 1.807) is 18.2 Å². The highest BCUT2D eigenvalue weighted by Gasteiger charge is 2.21. The fraction of sp³-hybridized carbons (Fsp3) is 0.533. The van der Waals surface area contributed by atoms with Gasteiger partial charge in [-0.05, 0) is 25.0 Å². The molecular formula is C15H24N2O3. The van der Waals surface area contributed by atoms with Crippen molar-refractivity contribution in [1.82, 2.24) is 5.32 Å². The van der Waals surface area contributed by atoms with Crippen LogP contribution in [0.3, 0.4) is 0 Å². The number of ether oxygens (including phenoxy) is 2. The molecule has 1 aromatic carbocycles. The average molecular weight is 280 g/mol. The predicted molar refractivity (Wildman–Crippen MR) is 80.0 cm³/mol. The van der Waals surface area contributed by atoms with E-state index in [9.17, 15) is 4.79 Å². The van der Waals surface area contributed by atoms with Gasteiger partial charge in [0, 0.05) is 12.3 Å². The second-order valence-electron chi connectivity index (χ2n) is 4.91. The van der Waals surface area contributed by atoms with Crippen molar-refractivity contribution in [1.29, 1.82) is 0 Å². The molecule has 0 radical (unpaired) electrons. The lowest BCUT2D eigenvalue weighted by Crippen LogP contribution is -2.42. The Balaban J connectivity index is 2.89. The summed E-state index contributed by atoms with van der Waals surface area (Å²) in [4.78, 5) is 12.4. The van der Waals surface area contributed by atoms with Gasteiger partial charge in [-0.1, -0.05) is 19.9 Å². The first-order chi connectivity index (χ1) is 9.51. The van der Waals surface area contributed by atoms with E-state index >= 15 is 0 Å². The van der Waals surface area contributed by atoms with Crippen molar-refractivity contribution in [2.75, 3.05) is 26.1 Å². The standard InChI is InChI=1S/C15H24N2O3/c1-5-20-9-12(10(2)3)17-15(18)14-11(16)7-6-8-13(14)19-4/h6-8,10,12H,5,9,16H2,1-4H3,(H,17,18). The SMILES string of the molecule is CCOCC(NC(=O)c1c(N)cccc1OC)C(C)C. The Labute approximate surface area is 120 Å². The molecule has 3 N–H and O–H groups in total. The van der Waals surface area contributed by atoms with Crippen LogP contribution < -0.4 is 15.8 Å². The van der Waals surface area contributed by atoms with Crippen molar-refractivity contribution in [3.05, 3.63) is 23.8 Å². The van der Waals surface area contributed by atoms with Crippen LogP contribution in [0.25, 0.3) is 0 Å². The number of carbonyl (C=O) groups excluding carboxylic acids is 1. The lowest BCUT2D eigenvalue weighted by atomic mass is 10.0. The van der Waals surface area contributed by atoms with E-state index in [1.165, 1.54) is 7.11 Å². The van der Waals surface area contributed by atoms with E-state index in [-0.39, 0.29) is 17.9 Å². The molecule has 20 heavy (non-hydrogen) atoms. The number of amides is 1. The normalized spacial score (nSPS) is 12.2. The molecule has 0 heterocycles. The third kappa shape index (κ3) is 4.13. The van der Waals surface area contributed by atoms with Crippen molar-refractivity contribution < 1.29 is 14.3 Å². The van der Waals surface area contributed by atoms with Crippen molar-refractivity contribution in [3.63, 3.8) is 0 Å². The zero-order valence-electron chi connectivity index (χ0n) is 12.6. The summed E-state index contributed by atoms with van der Waals surface area (Å²) in [5.41, 5.74) is 6.65. The number of hydrogen-bond acceptors (Lipinski definition) is 4.